The minimum atomic E-state index is -0.912. The van der Waals surface area contributed by atoms with Crippen molar-refractivity contribution >= 4 is 11.4 Å². The van der Waals surface area contributed by atoms with Crippen molar-refractivity contribution in [2.75, 3.05) is 0 Å². The molecule has 3 rings (SSSR count). The van der Waals surface area contributed by atoms with Gasteiger partial charge in [-0.3, -0.25) is 0 Å². The zero-order valence-corrected chi connectivity index (χ0v) is 9.24. The van der Waals surface area contributed by atoms with E-state index in [0.717, 1.165) is 23.4 Å². The van der Waals surface area contributed by atoms with E-state index in [9.17, 15) is 10.2 Å². The monoisotopic (exact) mass is 227 g/mol. The molecule has 0 spiro atoms. The molecule has 1 aromatic carbocycles. The van der Waals surface area contributed by atoms with Crippen molar-refractivity contribution < 1.29 is 10.2 Å². The molecule has 3 heteroatoms. The highest BCUT2D eigenvalue weighted by Gasteiger charge is 2.29. The van der Waals surface area contributed by atoms with Gasteiger partial charge in [0.2, 0.25) is 0 Å². The van der Waals surface area contributed by atoms with Crippen LogP contribution in [0.25, 0.3) is 0 Å². The molecule has 0 saturated heterocycles. The summed E-state index contributed by atoms with van der Waals surface area (Å²) in [5.74, 6) is 0. The van der Waals surface area contributed by atoms with Gasteiger partial charge in [0.25, 0.3) is 0 Å². The lowest BCUT2D eigenvalue weighted by atomic mass is 9.93. The van der Waals surface area contributed by atoms with Gasteiger partial charge in [0.05, 0.1) is 11.4 Å². The Hall–Kier alpha value is -1.71. The highest BCUT2D eigenvalue weighted by Crippen LogP contribution is 2.35. The third-order valence-electron chi connectivity index (χ3n) is 3.16. The third kappa shape index (κ3) is 1.64. The second-order valence-corrected chi connectivity index (χ2v) is 4.24. The Kier molecular flexibility index (Phi) is 2.42. The molecule has 86 valence electrons. The molecular weight excluding hydrogens is 214 g/mol. The summed E-state index contributed by atoms with van der Waals surface area (Å²) in [6.45, 7) is 0. The number of aliphatic hydroxyl groups is 2. The Balaban J connectivity index is 2.21. The van der Waals surface area contributed by atoms with E-state index in [1.165, 1.54) is 0 Å². The van der Waals surface area contributed by atoms with Gasteiger partial charge in [0.1, 0.15) is 12.2 Å². The van der Waals surface area contributed by atoms with Crippen LogP contribution in [0, 0.1) is 0 Å². The molecule has 2 N–H and O–H groups in total. The molecule has 3 nitrogen and oxygen atoms in total. The van der Waals surface area contributed by atoms with E-state index in [1.807, 2.05) is 36.4 Å². The number of para-hydroxylation sites is 1. The lowest BCUT2D eigenvalue weighted by molar-refractivity contribution is 0.0454. The van der Waals surface area contributed by atoms with E-state index in [2.05, 4.69) is 4.99 Å². The second-order valence-electron chi connectivity index (χ2n) is 4.24. The summed E-state index contributed by atoms with van der Waals surface area (Å²) in [5.41, 5.74) is 2.86. The van der Waals surface area contributed by atoms with E-state index in [0.29, 0.717) is 5.56 Å². The van der Waals surface area contributed by atoms with Crippen molar-refractivity contribution in [2.45, 2.75) is 18.6 Å². The molecule has 0 aromatic heterocycles. The van der Waals surface area contributed by atoms with E-state index in [4.69, 9.17) is 0 Å². The van der Waals surface area contributed by atoms with Crippen molar-refractivity contribution in [2.24, 2.45) is 4.99 Å². The van der Waals surface area contributed by atoms with Crippen LogP contribution < -0.4 is 0 Å². The number of rotatable bonds is 0. The molecule has 0 saturated carbocycles. The van der Waals surface area contributed by atoms with Gasteiger partial charge in [0.15, 0.2) is 0 Å². The molecule has 0 unspecified atom stereocenters. The van der Waals surface area contributed by atoms with Gasteiger partial charge in [-0.15, -0.1) is 0 Å². The summed E-state index contributed by atoms with van der Waals surface area (Å²) in [7, 11) is 0. The summed E-state index contributed by atoms with van der Waals surface area (Å²) in [6.07, 6.45) is 4.77. The summed E-state index contributed by atoms with van der Waals surface area (Å²) in [6, 6.07) is 7.37. The molecule has 17 heavy (non-hydrogen) atoms. The molecular formula is C14H13NO2. The van der Waals surface area contributed by atoms with Crippen LogP contribution in [-0.4, -0.2) is 22.0 Å². The van der Waals surface area contributed by atoms with Crippen LogP contribution in [0.15, 0.2) is 53.1 Å². The van der Waals surface area contributed by atoms with Crippen LogP contribution >= 0.6 is 0 Å². The van der Waals surface area contributed by atoms with Crippen LogP contribution in [0.5, 0.6) is 0 Å². The van der Waals surface area contributed by atoms with Gasteiger partial charge in [-0.1, -0.05) is 30.4 Å². The zero-order valence-electron chi connectivity index (χ0n) is 9.24. The van der Waals surface area contributed by atoms with Gasteiger partial charge in [-0.2, -0.15) is 0 Å². The number of hydrogen-bond acceptors (Lipinski definition) is 3. The third-order valence-corrected chi connectivity index (χ3v) is 3.16. The number of hydrogen-bond donors (Lipinski definition) is 2. The number of aliphatic imine (C=N–C) groups is 1. The highest BCUT2D eigenvalue weighted by molar-refractivity contribution is 6.11. The number of fused-ring (bicyclic) bond motifs is 2. The van der Waals surface area contributed by atoms with Crippen LogP contribution in [-0.2, 0) is 0 Å². The molecule has 1 aliphatic carbocycles. The maximum atomic E-state index is 10.2. The SMILES string of the molecule is O[C@@H]1c2ccccc2N=C2C=CCC=C2[C@@H]1O. The lowest BCUT2D eigenvalue weighted by Gasteiger charge is -2.20. The van der Waals surface area contributed by atoms with Gasteiger partial charge in [-0.05, 0) is 18.6 Å². The number of aliphatic hydroxyl groups excluding tert-OH is 2. The van der Waals surface area contributed by atoms with Crippen LogP contribution in [0.2, 0.25) is 0 Å². The molecule has 0 fully saturated rings. The Morgan fingerprint density at radius 2 is 1.94 bits per heavy atom. The predicted molar refractivity (Wildman–Crippen MR) is 66.3 cm³/mol. The number of allylic oxidation sites excluding steroid dienone is 3. The molecule has 2 atom stereocenters. The molecule has 0 bridgehead atoms. The topological polar surface area (TPSA) is 52.8 Å². The molecule has 2 aliphatic rings. The largest absolute Gasteiger partial charge is 0.385 e. The van der Waals surface area contributed by atoms with Gasteiger partial charge in [0, 0.05) is 11.1 Å². The van der Waals surface area contributed by atoms with Gasteiger partial charge < -0.3 is 10.2 Å². The Bertz CT molecular complexity index is 543. The summed E-state index contributed by atoms with van der Waals surface area (Å²) < 4.78 is 0. The van der Waals surface area contributed by atoms with Crippen molar-refractivity contribution in [3.63, 3.8) is 0 Å². The summed E-state index contributed by atoms with van der Waals surface area (Å²) in [5, 5.41) is 20.3. The molecule has 0 radical (unpaired) electrons. The normalized spacial score (nSPS) is 26.5. The van der Waals surface area contributed by atoms with Crippen LogP contribution in [0.3, 0.4) is 0 Å². The quantitative estimate of drug-likeness (QED) is 0.712. The molecule has 1 heterocycles. The smallest absolute Gasteiger partial charge is 0.111 e. The summed E-state index contributed by atoms with van der Waals surface area (Å²) >= 11 is 0. The maximum absolute atomic E-state index is 10.2. The molecule has 1 aliphatic heterocycles. The molecule has 0 amide bonds. The lowest BCUT2D eigenvalue weighted by Crippen LogP contribution is -2.23. The first-order valence-corrected chi connectivity index (χ1v) is 5.68. The van der Waals surface area contributed by atoms with E-state index < -0.39 is 12.2 Å². The zero-order chi connectivity index (χ0) is 11.8. The van der Waals surface area contributed by atoms with Crippen LogP contribution in [0.4, 0.5) is 5.69 Å². The average Bonchev–Trinajstić information content (AvgIpc) is 2.48. The minimum absolute atomic E-state index is 0.677. The Labute approximate surface area is 99.4 Å². The van der Waals surface area contributed by atoms with E-state index in [1.54, 1.807) is 6.07 Å². The van der Waals surface area contributed by atoms with Crippen molar-refractivity contribution in [1.29, 1.82) is 0 Å². The van der Waals surface area contributed by atoms with Crippen molar-refractivity contribution in [1.82, 2.24) is 0 Å². The maximum Gasteiger partial charge on any atom is 0.111 e. The predicted octanol–water partition coefficient (Wildman–Crippen LogP) is 2.05. The first-order chi connectivity index (χ1) is 8.27. The first kappa shape index (κ1) is 10.4. The van der Waals surface area contributed by atoms with E-state index >= 15 is 0 Å². The standard InChI is InChI=1S/C14H13NO2/c16-13-9-5-1-3-7-11(9)15-12-8-4-2-6-10(12)14(13)17/h1,3-8,13-14,16-17H,2H2/t13-,14+/m1/s1. The van der Waals surface area contributed by atoms with Crippen LogP contribution in [0.1, 0.15) is 18.1 Å². The Morgan fingerprint density at radius 3 is 2.82 bits per heavy atom. The fourth-order valence-corrected chi connectivity index (χ4v) is 2.26. The minimum Gasteiger partial charge on any atom is -0.385 e. The number of nitrogens with zero attached hydrogens (tertiary/aromatic N) is 1. The summed E-state index contributed by atoms with van der Waals surface area (Å²) in [4.78, 5) is 4.50. The van der Waals surface area contributed by atoms with Gasteiger partial charge >= 0.3 is 0 Å². The number of benzene rings is 1. The van der Waals surface area contributed by atoms with E-state index in [-0.39, 0.29) is 0 Å². The highest BCUT2D eigenvalue weighted by atomic mass is 16.3. The average molecular weight is 227 g/mol. The van der Waals surface area contributed by atoms with Crippen molar-refractivity contribution in [3.8, 4) is 0 Å². The molecule has 1 aromatic rings. The first-order valence-electron chi connectivity index (χ1n) is 5.68. The van der Waals surface area contributed by atoms with Gasteiger partial charge in [-0.25, -0.2) is 4.99 Å². The van der Waals surface area contributed by atoms with Crippen molar-refractivity contribution in [3.05, 3.63) is 53.6 Å². The fraction of sp³-hybridized carbons (Fsp3) is 0.214. The second kappa shape index (κ2) is 3.95. The fourth-order valence-electron chi connectivity index (χ4n) is 2.26. The Morgan fingerprint density at radius 1 is 1.12 bits per heavy atom.